The fourth-order valence-electron chi connectivity index (χ4n) is 0.884. The molecule has 0 aliphatic rings. The molecule has 0 fully saturated rings. The second-order valence-corrected chi connectivity index (χ2v) is 4.48. The van der Waals surface area contributed by atoms with Crippen LogP contribution in [0.15, 0.2) is 35.2 Å². The Morgan fingerprint density at radius 1 is 1.23 bits per heavy atom. The maximum absolute atomic E-state index is 11.3. The topological polar surface area (TPSA) is 75.0 Å². The molecule has 0 spiro atoms. The highest BCUT2D eigenvalue weighted by Crippen LogP contribution is 2.09. The van der Waals surface area contributed by atoms with Crippen molar-refractivity contribution in [3.63, 3.8) is 0 Å². The Morgan fingerprint density at radius 3 is 2.23 bits per heavy atom. The van der Waals surface area contributed by atoms with Crippen LogP contribution in [0, 0.1) is 0 Å². The number of sulfone groups is 1. The van der Waals surface area contributed by atoms with Gasteiger partial charge in [0.25, 0.3) is 5.91 Å². The molecule has 0 saturated carbocycles. The zero-order valence-corrected chi connectivity index (χ0v) is 7.54. The molecule has 4 nitrogen and oxygen atoms in total. The van der Waals surface area contributed by atoms with Crippen molar-refractivity contribution in [3.05, 3.63) is 30.3 Å². The van der Waals surface area contributed by atoms with Crippen molar-refractivity contribution in [2.75, 3.05) is 5.75 Å². The first-order valence-electron chi connectivity index (χ1n) is 3.54. The first-order valence-corrected chi connectivity index (χ1v) is 5.20. The second-order valence-electron chi connectivity index (χ2n) is 2.50. The summed E-state index contributed by atoms with van der Waals surface area (Å²) in [4.78, 5) is 10.4. The summed E-state index contributed by atoms with van der Waals surface area (Å²) in [6, 6.07) is 7.63. The molecular weight excluding hydrogens is 190 g/mol. The Labute approximate surface area is 76.3 Å². The molecule has 1 aromatic carbocycles. The zero-order valence-electron chi connectivity index (χ0n) is 6.73. The lowest BCUT2D eigenvalue weighted by Gasteiger charge is -1.99. The largest absolute Gasteiger partial charge is 0.272 e. The highest BCUT2D eigenvalue weighted by molar-refractivity contribution is 7.92. The van der Waals surface area contributed by atoms with E-state index < -0.39 is 21.5 Å². The van der Waals surface area contributed by atoms with Gasteiger partial charge < -0.3 is 0 Å². The average Bonchev–Trinajstić information content (AvgIpc) is 2.04. The second kappa shape index (κ2) is 3.57. The van der Waals surface area contributed by atoms with Crippen LogP contribution in [0.5, 0.6) is 0 Å². The van der Waals surface area contributed by atoms with E-state index in [1.54, 1.807) is 18.2 Å². The van der Waals surface area contributed by atoms with Crippen LogP contribution in [0.3, 0.4) is 0 Å². The predicted octanol–water partition coefficient (Wildman–Crippen LogP) is 0.270. The Kier molecular flexibility index (Phi) is 2.67. The van der Waals surface area contributed by atoms with Gasteiger partial charge in [0.05, 0.1) is 4.90 Å². The van der Waals surface area contributed by atoms with E-state index in [0.717, 1.165) is 0 Å². The Morgan fingerprint density at radius 2 is 1.77 bits per heavy atom. The van der Waals surface area contributed by atoms with Crippen molar-refractivity contribution in [1.82, 2.24) is 5.73 Å². The molecule has 0 unspecified atom stereocenters. The number of benzene rings is 1. The Bertz CT molecular complexity index is 397. The number of hydrogen-bond acceptors (Lipinski definition) is 3. The lowest BCUT2D eigenvalue weighted by molar-refractivity contribution is -0.116. The van der Waals surface area contributed by atoms with Crippen LogP contribution in [0.25, 0.3) is 0 Å². The molecule has 0 bridgehead atoms. The lowest BCUT2D eigenvalue weighted by atomic mass is 10.4. The molecule has 0 aliphatic heterocycles. The highest BCUT2D eigenvalue weighted by Gasteiger charge is 2.16. The maximum Gasteiger partial charge on any atom is 0.253 e. The Balaban J connectivity index is 3.02. The van der Waals surface area contributed by atoms with Crippen LogP contribution in [0.2, 0.25) is 0 Å². The van der Waals surface area contributed by atoms with Crippen LogP contribution in [0.4, 0.5) is 0 Å². The summed E-state index contributed by atoms with van der Waals surface area (Å²) in [5.74, 6) is -1.85. The molecule has 0 saturated heterocycles. The SMILES string of the molecule is [NH]C(=O)CS(=O)(=O)c1ccccc1. The van der Waals surface area contributed by atoms with Gasteiger partial charge in [0.2, 0.25) is 0 Å². The highest BCUT2D eigenvalue weighted by atomic mass is 32.2. The quantitative estimate of drug-likeness (QED) is 0.699. The maximum atomic E-state index is 11.3. The van der Waals surface area contributed by atoms with E-state index in [2.05, 4.69) is 0 Å². The van der Waals surface area contributed by atoms with E-state index in [0.29, 0.717) is 0 Å². The van der Waals surface area contributed by atoms with Gasteiger partial charge >= 0.3 is 0 Å². The van der Waals surface area contributed by atoms with Gasteiger partial charge in [-0.1, -0.05) is 18.2 Å². The van der Waals surface area contributed by atoms with E-state index in [9.17, 15) is 13.2 Å². The van der Waals surface area contributed by atoms with Gasteiger partial charge in [0.1, 0.15) is 5.75 Å². The minimum absolute atomic E-state index is 0.0793. The van der Waals surface area contributed by atoms with Gasteiger partial charge in [0, 0.05) is 0 Å². The van der Waals surface area contributed by atoms with Gasteiger partial charge in [-0.15, -0.1) is 0 Å². The fraction of sp³-hybridized carbons (Fsp3) is 0.125. The molecule has 1 amide bonds. The first kappa shape index (κ1) is 9.73. The van der Waals surface area contributed by atoms with Gasteiger partial charge in [-0.05, 0) is 12.1 Å². The smallest absolute Gasteiger partial charge is 0.253 e. The van der Waals surface area contributed by atoms with Crippen molar-refractivity contribution in [2.24, 2.45) is 0 Å². The summed E-state index contributed by atoms with van der Waals surface area (Å²) in [7, 11) is -3.60. The van der Waals surface area contributed by atoms with Crippen LogP contribution in [-0.2, 0) is 14.6 Å². The molecule has 1 rings (SSSR count). The van der Waals surface area contributed by atoms with Gasteiger partial charge in [-0.25, -0.2) is 8.42 Å². The van der Waals surface area contributed by atoms with E-state index in [4.69, 9.17) is 5.73 Å². The minimum Gasteiger partial charge on any atom is -0.272 e. The summed E-state index contributed by atoms with van der Waals surface area (Å²) in [6.07, 6.45) is 0. The van der Waals surface area contributed by atoms with E-state index in [1.165, 1.54) is 12.1 Å². The zero-order chi connectivity index (χ0) is 9.90. The van der Waals surface area contributed by atoms with Crippen molar-refractivity contribution >= 4 is 15.7 Å². The predicted molar refractivity (Wildman–Crippen MR) is 46.6 cm³/mol. The molecule has 0 aliphatic carbocycles. The lowest BCUT2D eigenvalue weighted by Crippen LogP contribution is -2.16. The van der Waals surface area contributed by atoms with Crippen molar-refractivity contribution in [1.29, 1.82) is 0 Å². The number of carbonyl (C=O) groups is 1. The molecule has 0 heterocycles. The molecule has 1 radical (unpaired) electrons. The van der Waals surface area contributed by atoms with Crippen molar-refractivity contribution in [2.45, 2.75) is 4.90 Å². The number of carbonyl (C=O) groups excluding carboxylic acids is 1. The van der Waals surface area contributed by atoms with E-state index in [1.807, 2.05) is 0 Å². The number of hydrogen-bond donors (Lipinski definition) is 0. The Hall–Kier alpha value is -1.36. The molecule has 1 N–H and O–H groups in total. The third-order valence-electron chi connectivity index (χ3n) is 1.42. The van der Waals surface area contributed by atoms with Gasteiger partial charge in [-0.2, -0.15) is 0 Å². The van der Waals surface area contributed by atoms with E-state index >= 15 is 0 Å². The molecule has 1 aromatic rings. The van der Waals surface area contributed by atoms with Crippen LogP contribution >= 0.6 is 0 Å². The normalized spacial score (nSPS) is 11.1. The van der Waals surface area contributed by atoms with Crippen LogP contribution in [-0.4, -0.2) is 20.1 Å². The molecular formula is C8H8NO3S. The summed E-state index contributed by atoms with van der Waals surface area (Å²) in [5, 5.41) is 0. The third kappa shape index (κ3) is 2.55. The number of nitrogens with one attached hydrogen (secondary N) is 1. The first-order chi connectivity index (χ1) is 6.02. The van der Waals surface area contributed by atoms with E-state index in [-0.39, 0.29) is 4.90 Å². The summed E-state index contributed by atoms with van der Waals surface area (Å²) in [6.45, 7) is 0. The standard InChI is InChI=1S/C8H8NO3S/c9-8(10)6-13(11,12)7-4-2-1-3-5-7/h1-5,9H,6H2. The minimum atomic E-state index is -3.60. The molecule has 5 heteroatoms. The average molecular weight is 198 g/mol. The fourth-order valence-corrected chi connectivity index (χ4v) is 1.97. The summed E-state index contributed by atoms with van der Waals surface area (Å²) >= 11 is 0. The van der Waals surface area contributed by atoms with Gasteiger partial charge in [0.15, 0.2) is 9.84 Å². The summed E-state index contributed by atoms with van der Waals surface area (Å²) < 4.78 is 22.6. The van der Waals surface area contributed by atoms with Crippen LogP contribution < -0.4 is 5.73 Å². The van der Waals surface area contributed by atoms with Crippen LogP contribution in [0.1, 0.15) is 0 Å². The number of rotatable bonds is 3. The molecule has 0 aromatic heterocycles. The van der Waals surface area contributed by atoms with Crippen molar-refractivity contribution in [3.8, 4) is 0 Å². The van der Waals surface area contributed by atoms with Crippen molar-refractivity contribution < 1.29 is 13.2 Å². The number of amides is 1. The molecule has 69 valence electrons. The monoisotopic (exact) mass is 198 g/mol. The molecule has 13 heavy (non-hydrogen) atoms. The summed E-state index contributed by atoms with van der Waals surface area (Å²) in [5.41, 5.74) is 6.56. The third-order valence-corrected chi connectivity index (χ3v) is 3.06. The molecule has 0 atom stereocenters. The van der Waals surface area contributed by atoms with Gasteiger partial charge in [-0.3, -0.25) is 10.5 Å².